The van der Waals surface area contributed by atoms with Gasteiger partial charge in [0.25, 0.3) is 0 Å². The minimum absolute atomic E-state index is 0.354. The van der Waals surface area contributed by atoms with Crippen molar-refractivity contribution in [2.75, 3.05) is 0 Å². The Bertz CT molecular complexity index is 256. The molecule has 0 atom stereocenters. The quantitative estimate of drug-likeness (QED) is 0.495. The maximum atomic E-state index is 11.1. The van der Waals surface area contributed by atoms with Crippen molar-refractivity contribution in [3.8, 4) is 0 Å². The van der Waals surface area contributed by atoms with Gasteiger partial charge in [0.2, 0.25) is 0 Å². The molecule has 2 rings (SSSR count). The van der Waals surface area contributed by atoms with Gasteiger partial charge in [0.05, 0.1) is 0 Å². The maximum absolute atomic E-state index is 11.1. The first-order valence-electron chi connectivity index (χ1n) is 3.70. The molecule has 1 nitrogen and oxygen atoms in total. The number of allylic oxidation sites excluding steroid dienone is 4. The lowest BCUT2D eigenvalue weighted by Gasteiger charge is -1.93. The van der Waals surface area contributed by atoms with Crippen molar-refractivity contribution in [2.45, 2.75) is 26.2 Å². The highest BCUT2D eigenvalue weighted by Crippen LogP contribution is 2.34. The Morgan fingerprint density at radius 1 is 1.40 bits per heavy atom. The Morgan fingerprint density at radius 2 is 2.20 bits per heavy atom. The second-order valence-electron chi connectivity index (χ2n) is 3.11. The van der Waals surface area contributed by atoms with Gasteiger partial charge in [-0.25, -0.2) is 0 Å². The minimum atomic E-state index is 0.354. The van der Waals surface area contributed by atoms with E-state index in [1.54, 1.807) is 0 Å². The lowest BCUT2D eigenvalue weighted by molar-refractivity contribution is -0.114. The highest BCUT2D eigenvalue weighted by Gasteiger charge is 2.24. The van der Waals surface area contributed by atoms with Gasteiger partial charge in [-0.2, -0.15) is 0 Å². The molecule has 0 spiro atoms. The van der Waals surface area contributed by atoms with Gasteiger partial charge in [-0.15, -0.1) is 0 Å². The van der Waals surface area contributed by atoms with Crippen molar-refractivity contribution in [3.63, 3.8) is 0 Å². The van der Waals surface area contributed by atoms with Gasteiger partial charge in [0.15, 0.2) is 5.78 Å². The number of hydrogen-bond acceptors (Lipinski definition) is 1. The fourth-order valence-corrected chi connectivity index (χ4v) is 1.73. The van der Waals surface area contributed by atoms with Gasteiger partial charge in [-0.05, 0) is 19.8 Å². The number of carbonyl (C=O) groups is 1. The number of rotatable bonds is 0. The summed E-state index contributed by atoms with van der Waals surface area (Å²) in [5.41, 5.74) is 3.75. The van der Waals surface area contributed by atoms with Crippen molar-refractivity contribution >= 4 is 5.78 Å². The molecular weight excluding hydrogens is 124 g/mol. The van der Waals surface area contributed by atoms with Crippen LogP contribution < -0.4 is 0 Å². The molecule has 10 heavy (non-hydrogen) atoms. The van der Waals surface area contributed by atoms with Crippen LogP contribution in [0.5, 0.6) is 0 Å². The summed E-state index contributed by atoms with van der Waals surface area (Å²) in [6.45, 7) is 2.09. The Labute approximate surface area is 60.4 Å². The minimum Gasteiger partial charge on any atom is -0.294 e. The van der Waals surface area contributed by atoms with E-state index in [0.717, 1.165) is 24.8 Å². The van der Waals surface area contributed by atoms with Crippen LogP contribution in [0, 0.1) is 0 Å². The molecule has 0 aromatic rings. The topological polar surface area (TPSA) is 17.1 Å². The number of carbonyl (C=O) groups excluding carboxylic acids is 1. The first-order valence-corrected chi connectivity index (χ1v) is 3.70. The lowest BCUT2D eigenvalue weighted by Crippen LogP contribution is -1.90. The first kappa shape index (κ1) is 5.90. The number of ketones is 1. The molecule has 52 valence electrons. The average Bonchev–Trinajstić information content (AvgIpc) is 2.35. The molecule has 1 heteroatoms. The van der Waals surface area contributed by atoms with Crippen molar-refractivity contribution in [1.82, 2.24) is 0 Å². The maximum Gasteiger partial charge on any atom is 0.163 e. The molecule has 0 N–H and O–H groups in total. The van der Waals surface area contributed by atoms with E-state index in [0.29, 0.717) is 5.78 Å². The summed E-state index contributed by atoms with van der Waals surface area (Å²) in [5.74, 6) is 0.354. The third-order valence-corrected chi connectivity index (χ3v) is 2.22. The molecule has 0 heterocycles. The van der Waals surface area contributed by atoms with Crippen LogP contribution in [0.4, 0.5) is 0 Å². The van der Waals surface area contributed by atoms with E-state index < -0.39 is 0 Å². The predicted molar refractivity (Wildman–Crippen MR) is 39.6 cm³/mol. The number of Topliss-reactive ketones (excluding diaryl/α,β-unsaturated/α-hetero) is 1. The van der Waals surface area contributed by atoms with Gasteiger partial charge in [0, 0.05) is 12.0 Å². The summed E-state index contributed by atoms with van der Waals surface area (Å²) < 4.78 is 0. The van der Waals surface area contributed by atoms with Crippen molar-refractivity contribution < 1.29 is 4.79 Å². The molecule has 0 unspecified atom stereocenters. The molecule has 0 amide bonds. The molecule has 0 aromatic carbocycles. The van der Waals surface area contributed by atoms with Crippen molar-refractivity contribution in [1.29, 1.82) is 0 Å². The van der Waals surface area contributed by atoms with Crippen LogP contribution in [0.2, 0.25) is 0 Å². The van der Waals surface area contributed by atoms with E-state index in [1.807, 2.05) is 6.08 Å². The fraction of sp³-hybridized carbons (Fsp3) is 0.444. The summed E-state index contributed by atoms with van der Waals surface area (Å²) in [6.07, 6.45) is 4.88. The third kappa shape index (κ3) is 0.666. The average molecular weight is 134 g/mol. The molecule has 2 aliphatic carbocycles. The van der Waals surface area contributed by atoms with E-state index >= 15 is 0 Å². The molecule has 0 radical (unpaired) electrons. The molecule has 0 saturated carbocycles. The van der Waals surface area contributed by atoms with Crippen LogP contribution in [0.1, 0.15) is 26.2 Å². The van der Waals surface area contributed by atoms with E-state index in [9.17, 15) is 4.79 Å². The molecular formula is C9H10O. The fourth-order valence-electron chi connectivity index (χ4n) is 1.73. The van der Waals surface area contributed by atoms with Crippen LogP contribution in [0.3, 0.4) is 0 Å². The van der Waals surface area contributed by atoms with Crippen molar-refractivity contribution in [2.24, 2.45) is 0 Å². The summed E-state index contributed by atoms with van der Waals surface area (Å²) >= 11 is 0. The van der Waals surface area contributed by atoms with Gasteiger partial charge in [-0.3, -0.25) is 4.79 Å². The predicted octanol–water partition coefficient (Wildman–Crippen LogP) is 2.00. The summed E-state index contributed by atoms with van der Waals surface area (Å²) in [5, 5.41) is 0. The first-order chi connectivity index (χ1) is 4.77. The largest absolute Gasteiger partial charge is 0.294 e. The molecule has 2 aliphatic rings. The van der Waals surface area contributed by atoms with Gasteiger partial charge in [-0.1, -0.05) is 17.2 Å². The second kappa shape index (κ2) is 1.82. The lowest BCUT2D eigenvalue weighted by atomic mass is 10.1. The van der Waals surface area contributed by atoms with Gasteiger partial charge >= 0.3 is 0 Å². The van der Waals surface area contributed by atoms with E-state index in [1.165, 1.54) is 11.1 Å². The van der Waals surface area contributed by atoms with E-state index in [2.05, 4.69) is 6.92 Å². The Hall–Kier alpha value is -0.850. The van der Waals surface area contributed by atoms with Crippen molar-refractivity contribution in [3.05, 3.63) is 22.8 Å². The smallest absolute Gasteiger partial charge is 0.163 e. The summed E-state index contributed by atoms with van der Waals surface area (Å²) in [4.78, 5) is 11.1. The SMILES string of the molecule is CC1=CC2=C(CCC2=O)C1. The Balaban J connectivity index is 2.39. The highest BCUT2D eigenvalue weighted by atomic mass is 16.1. The normalized spacial score (nSPS) is 23.7. The Kier molecular flexibility index (Phi) is 1.07. The van der Waals surface area contributed by atoms with Crippen LogP contribution in [-0.4, -0.2) is 5.78 Å². The number of hydrogen-bond donors (Lipinski definition) is 0. The third-order valence-electron chi connectivity index (χ3n) is 2.22. The Morgan fingerprint density at radius 3 is 2.90 bits per heavy atom. The molecule has 0 saturated heterocycles. The zero-order valence-electron chi connectivity index (χ0n) is 6.11. The molecule has 0 bridgehead atoms. The van der Waals surface area contributed by atoms with E-state index in [4.69, 9.17) is 0 Å². The van der Waals surface area contributed by atoms with Gasteiger partial charge < -0.3 is 0 Å². The monoisotopic (exact) mass is 134 g/mol. The van der Waals surface area contributed by atoms with E-state index in [-0.39, 0.29) is 0 Å². The zero-order valence-corrected chi connectivity index (χ0v) is 6.11. The van der Waals surface area contributed by atoms with Crippen LogP contribution >= 0.6 is 0 Å². The van der Waals surface area contributed by atoms with Crippen LogP contribution in [0.25, 0.3) is 0 Å². The van der Waals surface area contributed by atoms with Gasteiger partial charge in [0.1, 0.15) is 0 Å². The standard InChI is InChI=1S/C9H10O/c1-6-4-7-2-3-9(10)8(7)5-6/h5H,2-4H2,1H3. The van der Waals surface area contributed by atoms with Crippen LogP contribution in [0.15, 0.2) is 22.8 Å². The zero-order chi connectivity index (χ0) is 7.14. The second-order valence-corrected chi connectivity index (χ2v) is 3.11. The molecule has 0 aliphatic heterocycles. The molecule has 0 aromatic heterocycles. The summed E-state index contributed by atoms with van der Waals surface area (Å²) in [7, 11) is 0. The summed E-state index contributed by atoms with van der Waals surface area (Å²) in [6, 6.07) is 0. The molecule has 0 fully saturated rings. The highest BCUT2D eigenvalue weighted by molar-refractivity contribution is 6.02. The van der Waals surface area contributed by atoms with Crippen LogP contribution in [-0.2, 0) is 4.79 Å².